The van der Waals surface area contributed by atoms with Crippen molar-refractivity contribution in [1.82, 2.24) is 8.61 Å². The monoisotopic (exact) mass is 354 g/mol. The van der Waals surface area contributed by atoms with Gasteiger partial charge in [0.05, 0.1) is 26.4 Å². The lowest BCUT2D eigenvalue weighted by Gasteiger charge is -2.35. The van der Waals surface area contributed by atoms with Gasteiger partial charge in [-0.1, -0.05) is 25.0 Å². The number of benzene rings is 1. The number of nitrogens with zero attached hydrogens (tertiary/aromatic N) is 2. The molecule has 3 rings (SSSR count). The molecule has 24 heavy (non-hydrogen) atoms. The lowest BCUT2D eigenvalue weighted by Crippen LogP contribution is -2.49. The first-order valence-corrected chi connectivity index (χ1v) is 10.0. The Morgan fingerprint density at radius 3 is 2.42 bits per heavy atom. The van der Waals surface area contributed by atoms with Gasteiger partial charge in [0.15, 0.2) is 0 Å². The quantitative estimate of drug-likeness (QED) is 0.832. The third kappa shape index (κ3) is 3.74. The summed E-state index contributed by atoms with van der Waals surface area (Å²) < 4.78 is 40.1. The van der Waals surface area contributed by atoms with Crippen molar-refractivity contribution in [3.05, 3.63) is 29.8 Å². The maximum atomic E-state index is 13.2. The molecule has 1 aromatic carbocycles. The predicted octanol–water partition coefficient (Wildman–Crippen LogP) is 2.19. The second-order valence-electron chi connectivity index (χ2n) is 6.27. The average Bonchev–Trinajstić information content (AvgIpc) is 2.89. The van der Waals surface area contributed by atoms with Crippen LogP contribution in [0, 0.1) is 0 Å². The van der Waals surface area contributed by atoms with Crippen molar-refractivity contribution in [3.8, 4) is 5.75 Å². The largest absolute Gasteiger partial charge is 0.497 e. The van der Waals surface area contributed by atoms with Crippen molar-refractivity contribution in [2.75, 3.05) is 40.0 Å². The number of ether oxygens (including phenoxy) is 2. The van der Waals surface area contributed by atoms with Crippen LogP contribution in [-0.4, -0.2) is 57.0 Å². The Kier molecular flexibility index (Phi) is 5.76. The van der Waals surface area contributed by atoms with Gasteiger partial charge in [0.1, 0.15) is 5.75 Å². The highest BCUT2D eigenvalue weighted by Gasteiger charge is 2.36. The summed E-state index contributed by atoms with van der Waals surface area (Å²) in [5, 5.41) is 0. The van der Waals surface area contributed by atoms with Crippen LogP contribution in [0.15, 0.2) is 24.3 Å². The van der Waals surface area contributed by atoms with E-state index in [0.29, 0.717) is 32.8 Å². The summed E-state index contributed by atoms with van der Waals surface area (Å²) in [4.78, 5) is 0. The highest BCUT2D eigenvalue weighted by molar-refractivity contribution is 7.86. The minimum absolute atomic E-state index is 0.105. The van der Waals surface area contributed by atoms with Crippen LogP contribution in [0.5, 0.6) is 5.75 Å². The molecule has 2 aliphatic rings. The fraction of sp³-hybridized carbons (Fsp3) is 0.647. The summed E-state index contributed by atoms with van der Waals surface area (Å²) in [6, 6.07) is 7.67. The van der Waals surface area contributed by atoms with Crippen molar-refractivity contribution in [3.63, 3.8) is 0 Å². The smallest absolute Gasteiger partial charge is 0.282 e. The normalized spacial score (nSPS) is 24.5. The van der Waals surface area contributed by atoms with E-state index in [9.17, 15) is 8.42 Å². The third-order valence-electron chi connectivity index (χ3n) is 4.80. The second-order valence-corrected chi connectivity index (χ2v) is 8.15. The van der Waals surface area contributed by atoms with Crippen LogP contribution < -0.4 is 4.74 Å². The average molecular weight is 354 g/mol. The first-order chi connectivity index (χ1) is 11.6. The molecular formula is C17H26N2O4S. The summed E-state index contributed by atoms with van der Waals surface area (Å²) in [5.74, 6) is 0.787. The minimum atomic E-state index is -3.47. The molecule has 6 nitrogen and oxygen atoms in total. The minimum Gasteiger partial charge on any atom is -0.497 e. The second kappa shape index (κ2) is 7.82. The van der Waals surface area contributed by atoms with Crippen molar-refractivity contribution >= 4 is 10.2 Å². The van der Waals surface area contributed by atoms with Crippen LogP contribution >= 0.6 is 0 Å². The summed E-state index contributed by atoms with van der Waals surface area (Å²) in [6.07, 6.45) is 3.89. The molecule has 1 atom stereocenters. The molecule has 0 aliphatic carbocycles. The van der Waals surface area contributed by atoms with Crippen LogP contribution in [0.4, 0.5) is 0 Å². The zero-order valence-corrected chi connectivity index (χ0v) is 15.0. The maximum Gasteiger partial charge on any atom is 0.282 e. The molecule has 1 aromatic rings. The molecule has 2 fully saturated rings. The van der Waals surface area contributed by atoms with E-state index in [1.165, 1.54) is 0 Å². The Bertz CT molecular complexity index is 626. The van der Waals surface area contributed by atoms with Crippen molar-refractivity contribution in [1.29, 1.82) is 0 Å². The topological polar surface area (TPSA) is 59.1 Å². The molecule has 0 spiro atoms. The summed E-state index contributed by atoms with van der Waals surface area (Å²) in [7, 11) is -1.83. The molecule has 0 aromatic heterocycles. The fourth-order valence-electron chi connectivity index (χ4n) is 3.44. The number of morpholine rings is 1. The zero-order chi connectivity index (χ0) is 17.0. The van der Waals surface area contributed by atoms with E-state index in [-0.39, 0.29) is 6.04 Å². The van der Waals surface area contributed by atoms with Crippen molar-refractivity contribution in [2.45, 2.75) is 31.7 Å². The maximum absolute atomic E-state index is 13.2. The summed E-state index contributed by atoms with van der Waals surface area (Å²) in [6.45, 7) is 2.40. The number of rotatable bonds is 4. The van der Waals surface area contributed by atoms with Gasteiger partial charge in [0, 0.05) is 19.6 Å². The molecule has 7 heteroatoms. The van der Waals surface area contributed by atoms with E-state index in [2.05, 4.69) is 0 Å². The Labute approximate surface area is 144 Å². The van der Waals surface area contributed by atoms with Crippen LogP contribution in [0.1, 0.15) is 37.3 Å². The van der Waals surface area contributed by atoms with E-state index in [0.717, 1.165) is 37.0 Å². The molecule has 0 amide bonds. The summed E-state index contributed by atoms with van der Waals surface area (Å²) >= 11 is 0. The van der Waals surface area contributed by atoms with Crippen LogP contribution in [0.25, 0.3) is 0 Å². The molecule has 0 N–H and O–H groups in total. The van der Waals surface area contributed by atoms with Gasteiger partial charge >= 0.3 is 0 Å². The van der Waals surface area contributed by atoms with Gasteiger partial charge in [-0.2, -0.15) is 17.0 Å². The summed E-state index contributed by atoms with van der Waals surface area (Å²) in [5.41, 5.74) is 1.04. The van der Waals surface area contributed by atoms with Gasteiger partial charge in [-0.05, 0) is 30.5 Å². The zero-order valence-electron chi connectivity index (χ0n) is 14.2. The molecule has 1 unspecified atom stereocenters. The molecular weight excluding hydrogens is 328 g/mol. The van der Waals surface area contributed by atoms with Crippen molar-refractivity contribution in [2.24, 2.45) is 0 Å². The molecule has 134 valence electrons. The predicted molar refractivity (Wildman–Crippen MR) is 92.2 cm³/mol. The molecule has 0 radical (unpaired) electrons. The van der Waals surface area contributed by atoms with E-state index >= 15 is 0 Å². The molecule has 0 saturated carbocycles. The Hall–Kier alpha value is -1.15. The number of methoxy groups -OCH3 is 1. The fourth-order valence-corrected chi connectivity index (χ4v) is 5.26. The molecule has 2 heterocycles. The number of hydrogen-bond acceptors (Lipinski definition) is 4. The Morgan fingerprint density at radius 1 is 1.04 bits per heavy atom. The molecule has 2 saturated heterocycles. The number of hydrogen-bond donors (Lipinski definition) is 0. The van der Waals surface area contributed by atoms with Crippen molar-refractivity contribution < 1.29 is 17.9 Å². The third-order valence-corrected chi connectivity index (χ3v) is 6.84. The van der Waals surface area contributed by atoms with E-state index < -0.39 is 10.2 Å². The van der Waals surface area contributed by atoms with Gasteiger partial charge in [-0.15, -0.1) is 0 Å². The van der Waals surface area contributed by atoms with E-state index in [4.69, 9.17) is 9.47 Å². The van der Waals surface area contributed by atoms with Crippen LogP contribution in [0.3, 0.4) is 0 Å². The molecule has 2 aliphatic heterocycles. The van der Waals surface area contributed by atoms with Crippen LogP contribution in [0.2, 0.25) is 0 Å². The van der Waals surface area contributed by atoms with Gasteiger partial charge in [0.25, 0.3) is 10.2 Å². The SMILES string of the molecule is COc1ccc(C2CCCCCN2S(=O)(=O)N2CCOCC2)cc1. The lowest BCUT2D eigenvalue weighted by atomic mass is 10.0. The Morgan fingerprint density at radius 2 is 1.75 bits per heavy atom. The Balaban J connectivity index is 1.88. The first kappa shape index (κ1) is 17.7. The highest BCUT2D eigenvalue weighted by Crippen LogP contribution is 2.34. The van der Waals surface area contributed by atoms with E-state index in [1.54, 1.807) is 15.7 Å². The molecule has 0 bridgehead atoms. The highest BCUT2D eigenvalue weighted by atomic mass is 32.2. The lowest BCUT2D eigenvalue weighted by molar-refractivity contribution is 0.0692. The van der Waals surface area contributed by atoms with Gasteiger partial charge < -0.3 is 9.47 Å². The van der Waals surface area contributed by atoms with Gasteiger partial charge in [-0.3, -0.25) is 0 Å². The van der Waals surface area contributed by atoms with Gasteiger partial charge in [-0.25, -0.2) is 0 Å². The van der Waals surface area contributed by atoms with Crippen LogP contribution in [-0.2, 0) is 14.9 Å². The van der Waals surface area contributed by atoms with E-state index in [1.807, 2.05) is 24.3 Å². The first-order valence-electron chi connectivity index (χ1n) is 8.61. The van der Waals surface area contributed by atoms with Gasteiger partial charge in [0.2, 0.25) is 0 Å². The standard InChI is InChI=1S/C17H26N2O4S/c1-22-16-8-6-15(7-9-16)17-5-3-2-4-10-19(17)24(20,21)18-11-13-23-14-12-18/h6-9,17H,2-5,10-14H2,1H3.